The van der Waals surface area contributed by atoms with Gasteiger partial charge in [0.25, 0.3) is 0 Å². The van der Waals surface area contributed by atoms with E-state index >= 15 is 0 Å². The molecule has 1 aliphatic heterocycles. The van der Waals surface area contributed by atoms with Crippen LogP contribution in [0.2, 0.25) is 0 Å². The minimum absolute atomic E-state index is 0.0674. The lowest BCUT2D eigenvalue weighted by atomic mass is 10.0. The molecule has 1 N–H and O–H groups in total. The molecule has 0 aliphatic carbocycles. The van der Waals surface area contributed by atoms with E-state index in [1.54, 1.807) is 12.3 Å². The third kappa shape index (κ3) is 4.25. The highest BCUT2D eigenvalue weighted by molar-refractivity contribution is 7.09. The predicted molar refractivity (Wildman–Crippen MR) is 78.3 cm³/mol. The zero-order chi connectivity index (χ0) is 15.2. The number of thiazole rings is 1. The maximum absolute atomic E-state index is 11.9. The Bertz CT molecular complexity index is 503. The van der Waals surface area contributed by atoms with E-state index in [1.807, 2.05) is 6.92 Å². The third-order valence-electron chi connectivity index (χ3n) is 3.32. The van der Waals surface area contributed by atoms with Gasteiger partial charge in [0.2, 0.25) is 5.91 Å². The highest BCUT2D eigenvalue weighted by Gasteiger charge is 2.30. The Morgan fingerprint density at radius 1 is 1.57 bits per heavy atom. The number of hydrogen-bond acceptors (Lipinski definition) is 6. The second kappa shape index (κ2) is 7.51. The molecular formula is C14H20N2O4S. The molecule has 1 amide bonds. The van der Waals surface area contributed by atoms with Crippen molar-refractivity contribution >= 4 is 23.2 Å². The van der Waals surface area contributed by atoms with Gasteiger partial charge < -0.3 is 14.8 Å². The molecule has 1 aromatic rings. The van der Waals surface area contributed by atoms with Crippen molar-refractivity contribution < 1.29 is 19.1 Å². The molecule has 0 saturated carbocycles. The number of amides is 1. The average molecular weight is 312 g/mol. The Balaban J connectivity index is 1.76. The van der Waals surface area contributed by atoms with Crippen molar-refractivity contribution in [1.82, 2.24) is 10.3 Å². The quantitative estimate of drug-likeness (QED) is 0.804. The van der Waals surface area contributed by atoms with E-state index in [-0.39, 0.29) is 17.9 Å². The number of nitrogens with zero attached hydrogens (tertiary/aromatic N) is 1. The van der Waals surface area contributed by atoms with Gasteiger partial charge in [-0.05, 0) is 19.3 Å². The molecule has 1 aromatic heterocycles. The Hall–Kier alpha value is -1.47. The summed E-state index contributed by atoms with van der Waals surface area (Å²) >= 11 is 1.39. The van der Waals surface area contributed by atoms with Crippen LogP contribution in [0, 0.1) is 5.92 Å². The molecule has 0 radical (unpaired) electrons. The molecule has 116 valence electrons. The molecule has 2 atom stereocenters. The largest absolute Gasteiger partial charge is 0.461 e. The molecule has 0 spiro atoms. The number of carbonyl (C=O) groups is 2. The summed E-state index contributed by atoms with van der Waals surface area (Å²) in [4.78, 5) is 27.6. The summed E-state index contributed by atoms with van der Waals surface area (Å²) in [5.74, 6) is -0.209. The third-order valence-corrected chi connectivity index (χ3v) is 4.23. The van der Waals surface area contributed by atoms with Crippen LogP contribution >= 0.6 is 11.3 Å². The lowest BCUT2D eigenvalue weighted by Gasteiger charge is -2.13. The van der Waals surface area contributed by atoms with Crippen LogP contribution in [0.1, 0.15) is 35.8 Å². The van der Waals surface area contributed by atoms with Gasteiger partial charge in [-0.1, -0.05) is 6.92 Å². The first kappa shape index (κ1) is 15.9. The van der Waals surface area contributed by atoms with Crippen molar-refractivity contribution in [3.8, 4) is 0 Å². The van der Waals surface area contributed by atoms with Gasteiger partial charge in [0, 0.05) is 25.0 Å². The molecule has 6 nitrogen and oxygen atoms in total. The molecule has 0 bridgehead atoms. The topological polar surface area (TPSA) is 77.5 Å². The molecular weight excluding hydrogens is 292 g/mol. The van der Waals surface area contributed by atoms with Gasteiger partial charge >= 0.3 is 5.97 Å². The summed E-state index contributed by atoms with van der Waals surface area (Å²) in [5.41, 5.74) is 0.330. The van der Waals surface area contributed by atoms with E-state index in [4.69, 9.17) is 9.47 Å². The van der Waals surface area contributed by atoms with Crippen LogP contribution in [-0.4, -0.2) is 42.7 Å². The van der Waals surface area contributed by atoms with Crippen molar-refractivity contribution in [2.75, 3.05) is 19.8 Å². The van der Waals surface area contributed by atoms with Crippen LogP contribution < -0.4 is 5.32 Å². The fourth-order valence-corrected chi connectivity index (χ4v) is 2.92. The standard InChI is InChI=1S/C14H20N2O4S/c1-3-19-14(18)10-8-21-11(16-10)4-6-15-13(17)12-9(2)5-7-20-12/h8-9,12H,3-7H2,1-2H3,(H,15,17). The zero-order valence-corrected chi connectivity index (χ0v) is 13.1. The molecule has 2 unspecified atom stereocenters. The lowest BCUT2D eigenvalue weighted by Crippen LogP contribution is -2.38. The Morgan fingerprint density at radius 2 is 2.38 bits per heavy atom. The molecule has 2 heterocycles. The van der Waals surface area contributed by atoms with E-state index < -0.39 is 5.97 Å². The maximum atomic E-state index is 11.9. The number of hydrogen-bond donors (Lipinski definition) is 1. The Morgan fingerprint density at radius 3 is 3.05 bits per heavy atom. The van der Waals surface area contributed by atoms with Crippen LogP contribution in [0.15, 0.2) is 5.38 Å². The van der Waals surface area contributed by atoms with Gasteiger partial charge in [-0.15, -0.1) is 11.3 Å². The molecule has 21 heavy (non-hydrogen) atoms. The normalized spacial score (nSPS) is 21.2. The summed E-state index contributed by atoms with van der Waals surface area (Å²) in [7, 11) is 0. The van der Waals surface area contributed by atoms with Gasteiger partial charge in [0.05, 0.1) is 11.6 Å². The number of carbonyl (C=O) groups excluding carboxylic acids is 2. The van der Waals surface area contributed by atoms with Crippen molar-refractivity contribution in [3.63, 3.8) is 0 Å². The number of ether oxygens (including phenoxy) is 2. The second-order valence-corrected chi connectivity index (χ2v) is 5.89. The highest BCUT2D eigenvalue weighted by Crippen LogP contribution is 2.20. The fourth-order valence-electron chi connectivity index (χ4n) is 2.15. The first-order chi connectivity index (χ1) is 10.1. The van der Waals surface area contributed by atoms with Crippen LogP contribution in [0.5, 0.6) is 0 Å². The molecule has 7 heteroatoms. The van der Waals surface area contributed by atoms with Crippen molar-refractivity contribution in [3.05, 3.63) is 16.1 Å². The minimum atomic E-state index is -0.405. The van der Waals surface area contributed by atoms with Crippen molar-refractivity contribution in [2.45, 2.75) is 32.8 Å². The van der Waals surface area contributed by atoms with Crippen LogP contribution in [0.4, 0.5) is 0 Å². The molecule has 1 aliphatic rings. The molecule has 0 aromatic carbocycles. The van der Waals surface area contributed by atoms with Crippen molar-refractivity contribution in [1.29, 1.82) is 0 Å². The second-order valence-electron chi connectivity index (χ2n) is 4.95. The maximum Gasteiger partial charge on any atom is 0.357 e. The van der Waals surface area contributed by atoms with Crippen molar-refractivity contribution in [2.24, 2.45) is 5.92 Å². The van der Waals surface area contributed by atoms with E-state index in [0.717, 1.165) is 11.4 Å². The van der Waals surface area contributed by atoms with Crippen LogP contribution in [0.25, 0.3) is 0 Å². The van der Waals surface area contributed by atoms with E-state index in [9.17, 15) is 9.59 Å². The van der Waals surface area contributed by atoms with Crippen LogP contribution in [-0.2, 0) is 20.7 Å². The number of esters is 1. The monoisotopic (exact) mass is 312 g/mol. The number of rotatable bonds is 6. The summed E-state index contributed by atoms with van der Waals surface area (Å²) < 4.78 is 10.3. The van der Waals surface area contributed by atoms with Crippen LogP contribution in [0.3, 0.4) is 0 Å². The predicted octanol–water partition coefficient (Wildman–Crippen LogP) is 1.40. The average Bonchev–Trinajstić information content (AvgIpc) is 3.08. The minimum Gasteiger partial charge on any atom is -0.461 e. The lowest BCUT2D eigenvalue weighted by molar-refractivity contribution is -0.131. The van der Waals surface area contributed by atoms with Gasteiger partial charge in [-0.2, -0.15) is 0 Å². The smallest absolute Gasteiger partial charge is 0.357 e. The fraction of sp³-hybridized carbons (Fsp3) is 0.643. The summed E-state index contributed by atoms with van der Waals surface area (Å²) in [6, 6.07) is 0. The zero-order valence-electron chi connectivity index (χ0n) is 12.3. The SMILES string of the molecule is CCOC(=O)c1csc(CCNC(=O)C2OCCC2C)n1. The van der Waals surface area contributed by atoms with Gasteiger partial charge in [-0.3, -0.25) is 4.79 Å². The summed E-state index contributed by atoms with van der Waals surface area (Å²) in [6.45, 7) is 5.24. The molecule has 2 rings (SSSR count). The first-order valence-electron chi connectivity index (χ1n) is 7.12. The van der Waals surface area contributed by atoms with Gasteiger partial charge in [0.15, 0.2) is 5.69 Å². The summed E-state index contributed by atoms with van der Waals surface area (Å²) in [5, 5.41) is 5.34. The highest BCUT2D eigenvalue weighted by atomic mass is 32.1. The van der Waals surface area contributed by atoms with Gasteiger partial charge in [0.1, 0.15) is 6.10 Å². The van der Waals surface area contributed by atoms with E-state index in [0.29, 0.717) is 31.9 Å². The molecule has 1 saturated heterocycles. The Kier molecular flexibility index (Phi) is 5.69. The first-order valence-corrected chi connectivity index (χ1v) is 8.00. The van der Waals surface area contributed by atoms with Gasteiger partial charge in [-0.25, -0.2) is 9.78 Å². The number of nitrogens with one attached hydrogen (secondary N) is 1. The summed E-state index contributed by atoms with van der Waals surface area (Å²) in [6.07, 6.45) is 1.18. The molecule has 1 fully saturated rings. The van der Waals surface area contributed by atoms with E-state index in [2.05, 4.69) is 10.3 Å². The Labute approximate surface area is 127 Å². The number of aromatic nitrogens is 1. The van der Waals surface area contributed by atoms with E-state index in [1.165, 1.54) is 11.3 Å².